The summed E-state index contributed by atoms with van der Waals surface area (Å²) in [5, 5.41) is -0.0556. The predicted octanol–water partition coefficient (Wildman–Crippen LogP) is 4.24. The fourth-order valence-corrected chi connectivity index (χ4v) is 3.00. The van der Waals surface area contributed by atoms with E-state index < -0.39 is 17.0 Å². The van der Waals surface area contributed by atoms with Crippen molar-refractivity contribution in [2.75, 3.05) is 7.05 Å². The fraction of sp³-hybridized carbons (Fsp3) is 0.294. The Balaban J connectivity index is 1.96. The Hall–Kier alpha value is -2.02. The zero-order chi connectivity index (χ0) is 17.7. The second-order valence-electron chi connectivity index (χ2n) is 5.32. The molecule has 1 heterocycles. The van der Waals surface area contributed by atoms with Crippen LogP contribution in [0.4, 0.5) is 13.2 Å². The molecule has 3 nitrogen and oxygen atoms in total. The Morgan fingerprint density at radius 3 is 2.42 bits per heavy atom. The summed E-state index contributed by atoms with van der Waals surface area (Å²) < 4.78 is 37.5. The molecular formula is C17H17F3N2OS. The minimum Gasteiger partial charge on any atom is -0.340 e. The molecule has 0 bridgehead atoms. The molecule has 0 aliphatic rings. The van der Waals surface area contributed by atoms with E-state index in [2.05, 4.69) is 4.98 Å². The van der Waals surface area contributed by atoms with Crippen LogP contribution < -0.4 is 0 Å². The molecule has 0 saturated heterocycles. The van der Waals surface area contributed by atoms with Gasteiger partial charge >= 0.3 is 6.18 Å². The van der Waals surface area contributed by atoms with Crippen LogP contribution in [-0.4, -0.2) is 28.1 Å². The normalized spacial score (nSPS) is 12.7. The summed E-state index contributed by atoms with van der Waals surface area (Å²) in [5.41, 5.74) is 0.213. The molecule has 128 valence electrons. The summed E-state index contributed by atoms with van der Waals surface area (Å²) in [6.07, 6.45) is -3.62. The van der Waals surface area contributed by atoms with Gasteiger partial charge in [0.2, 0.25) is 5.91 Å². The monoisotopic (exact) mass is 354 g/mol. The van der Waals surface area contributed by atoms with Gasteiger partial charge in [0.25, 0.3) is 0 Å². The van der Waals surface area contributed by atoms with E-state index in [1.54, 1.807) is 18.9 Å². The number of carbonyl (C=O) groups is 1. The minimum atomic E-state index is -4.41. The van der Waals surface area contributed by atoms with Crippen LogP contribution in [0.5, 0.6) is 0 Å². The van der Waals surface area contributed by atoms with Crippen molar-refractivity contribution in [3.63, 3.8) is 0 Å². The molecule has 1 aromatic carbocycles. The lowest BCUT2D eigenvalue weighted by atomic mass is 10.2. The van der Waals surface area contributed by atoms with Crippen molar-refractivity contribution in [2.45, 2.75) is 29.9 Å². The maximum absolute atomic E-state index is 12.5. The Morgan fingerprint density at radius 2 is 1.88 bits per heavy atom. The lowest BCUT2D eigenvalue weighted by Gasteiger charge is -2.21. The van der Waals surface area contributed by atoms with Crippen LogP contribution in [-0.2, 0) is 17.5 Å². The van der Waals surface area contributed by atoms with Gasteiger partial charge < -0.3 is 4.90 Å². The highest BCUT2D eigenvalue weighted by Crippen LogP contribution is 2.30. The molecule has 0 fully saturated rings. The van der Waals surface area contributed by atoms with Crippen molar-refractivity contribution in [3.05, 3.63) is 59.8 Å². The van der Waals surface area contributed by atoms with Gasteiger partial charge in [0.15, 0.2) is 0 Å². The van der Waals surface area contributed by atoms with Crippen LogP contribution in [0, 0.1) is 0 Å². The number of amides is 1. The van der Waals surface area contributed by atoms with Gasteiger partial charge in [0.05, 0.1) is 15.8 Å². The third-order valence-electron chi connectivity index (χ3n) is 3.35. The number of alkyl halides is 3. The van der Waals surface area contributed by atoms with Crippen molar-refractivity contribution < 1.29 is 18.0 Å². The molecule has 1 aromatic heterocycles. The van der Waals surface area contributed by atoms with E-state index in [9.17, 15) is 18.0 Å². The largest absolute Gasteiger partial charge is 0.417 e. The highest BCUT2D eigenvalue weighted by molar-refractivity contribution is 8.00. The van der Waals surface area contributed by atoms with E-state index in [0.29, 0.717) is 11.6 Å². The van der Waals surface area contributed by atoms with E-state index >= 15 is 0 Å². The first-order valence-electron chi connectivity index (χ1n) is 7.26. The Labute approximate surface area is 142 Å². The van der Waals surface area contributed by atoms with Gasteiger partial charge in [-0.1, -0.05) is 42.1 Å². The molecule has 24 heavy (non-hydrogen) atoms. The van der Waals surface area contributed by atoms with Crippen LogP contribution in [0.15, 0.2) is 53.7 Å². The number of aromatic nitrogens is 1. The third-order valence-corrected chi connectivity index (χ3v) is 4.39. The zero-order valence-electron chi connectivity index (χ0n) is 13.2. The zero-order valence-corrected chi connectivity index (χ0v) is 14.1. The number of rotatable bonds is 5. The van der Waals surface area contributed by atoms with E-state index in [4.69, 9.17) is 0 Å². The molecule has 2 aromatic rings. The number of nitrogens with zero attached hydrogens (tertiary/aromatic N) is 2. The molecule has 1 atom stereocenters. The van der Waals surface area contributed by atoms with E-state index in [0.717, 1.165) is 29.6 Å². The summed E-state index contributed by atoms with van der Waals surface area (Å²) in [6.45, 7) is 2.19. The van der Waals surface area contributed by atoms with E-state index in [-0.39, 0.29) is 5.91 Å². The number of halogens is 3. The van der Waals surface area contributed by atoms with E-state index in [1.165, 1.54) is 6.07 Å². The first-order valence-corrected chi connectivity index (χ1v) is 8.14. The topological polar surface area (TPSA) is 33.2 Å². The smallest absolute Gasteiger partial charge is 0.340 e. The Kier molecular flexibility index (Phi) is 5.88. The maximum Gasteiger partial charge on any atom is 0.417 e. The van der Waals surface area contributed by atoms with Gasteiger partial charge in [-0.3, -0.25) is 4.79 Å². The molecule has 0 spiro atoms. The van der Waals surface area contributed by atoms with Crippen molar-refractivity contribution >= 4 is 17.7 Å². The van der Waals surface area contributed by atoms with Gasteiger partial charge in [-0.15, -0.1) is 0 Å². The molecule has 0 radical (unpaired) electrons. The molecule has 2 rings (SSSR count). The summed E-state index contributed by atoms with van der Waals surface area (Å²) in [4.78, 5) is 17.8. The first kappa shape index (κ1) is 18.3. The van der Waals surface area contributed by atoms with Crippen LogP contribution in [0.2, 0.25) is 0 Å². The third kappa shape index (κ3) is 4.99. The molecule has 1 unspecified atom stereocenters. The number of pyridine rings is 1. The van der Waals surface area contributed by atoms with E-state index in [1.807, 2.05) is 30.3 Å². The number of carbonyl (C=O) groups excluding carboxylic acids is 1. The van der Waals surface area contributed by atoms with Gasteiger partial charge in [0, 0.05) is 19.8 Å². The lowest BCUT2D eigenvalue weighted by molar-refractivity contribution is -0.138. The lowest BCUT2D eigenvalue weighted by Crippen LogP contribution is -2.32. The number of hydrogen-bond acceptors (Lipinski definition) is 3. The van der Waals surface area contributed by atoms with Crippen LogP contribution in [0.1, 0.15) is 18.1 Å². The summed E-state index contributed by atoms with van der Waals surface area (Å²) >= 11 is 1.14. The van der Waals surface area contributed by atoms with Crippen LogP contribution >= 0.6 is 11.8 Å². The standard InChI is InChI=1S/C17H17F3N2OS/c1-12(16(23)22(2)11-13-6-4-3-5-7-13)24-15-9-8-14(10-21-15)17(18,19)20/h3-10,12H,11H2,1-2H3. The number of benzene rings is 1. The quantitative estimate of drug-likeness (QED) is 0.753. The molecule has 0 aliphatic carbocycles. The fourth-order valence-electron chi connectivity index (χ4n) is 2.09. The SMILES string of the molecule is CC(Sc1ccc(C(F)(F)F)cn1)C(=O)N(C)Cc1ccccc1. The van der Waals surface area contributed by atoms with Gasteiger partial charge in [0.1, 0.15) is 0 Å². The molecule has 0 saturated carbocycles. The van der Waals surface area contributed by atoms with Gasteiger partial charge in [-0.25, -0.2) is 4.98 Å². The summed E-state index contributed by atoms with van der Waals surface area (Å²) in [5.74, 6) is -0.106. The average Bonchev–Trinajstić information content (AvgIpc) is 2.54. The second kappa shape index (κ2) is 7.70. The second-order valence-corrected chi connectivity index (χ2v) is 6.68. The molecule has 7 heteroatoms. The molecular weight excluding hydrogens is 337 g/mol. The highest BCUT2D eigenvalue weighted by Gasteiger charge is 2.30. The number of thioether (sulfide) groups is 1. The number of hydrogen-bond donors (Lipinski definition) is 0. The first-order chi connectivity index (χ1) is 11.3. The van der Waals surface area contributed by atoms with Crippen LogP contribution in [0.25, 0.3) is 0 Å². The van der Waals surface area contributed by atoms with Gasteiger partial charge in [-0.05, 0) is 24.6 Å². The summed E-state index contributed by atoms with van der Waals surface area (Å²) in [7, 11) is 1.70. The Bertz CT molecular complexity index is 674. The maximum atomic E-state index is 12.5. The molecule has 0 aliphatic heterocycles. The summed E-state index contributed by atoms with van der Waals surface area (Å²) in [6, 6.07) is 11.8. The predicted molar refractivity (Wildman–Crippen MR) is 87.5 cm³/mol. The molecule has 0 N–H and O–H groups in total. The van der Waals surface area contributed by atoms with Crippen molar-refractivity contribution in [1.82, 2.24) is 9.88 Å². The van der Waals surface area contributed by atoms with Crippen molar-refractivity contribution in [2.24, 2.45) is 0 Å². The Morgan fingerprint density at radius 1 is 1.21 bits per heavy atom. The highest BCUT2D eigenvalue weighted by atomic mass is 32.2. The minimum absolute atomic E-state index is 0.106. The van der Waals surface area contributed by atoms with Gasteiger partial charge in [-0.2, -0.15) is 13.2 Å². The van der Waals surface area contributed by atoms with Crippen LogP contribution in [0.3, 0.4) is 0 Å². The molecule has 1 amide bonds. The van der Waals surface area contributed by atoms with Crippen molar-refractivity contribution in [3.8, 4) is 0 Å². The van der Waals surface area contributed by atoms with Crippen molar-refractivity contribution in [1.29, 1.82) is 0 Å². The average molecular weight is 354 g/mol.